The highest BCUT2D eigenvalue weighted by atomic mass is 16.2. The largest absolute Gasteiger partial charge is 0.382 e. The summed E-state index contributed by atoms with van der Waals surface area (Å²) < 4.78 is 0. The van der Waals surface area contributed by atoms with Crippen LogP contribution >= 0.6 is 0 Å². The number of carbonyl (C=O) groups is 2. The first-order valence-corrected chi connectivity index (χ1v) is 7.38. The molecule has 2 amide bonds. The van der Waals surface area contributed by atoms with E-state index in [-0.39, 0.29) is 23.5 Å². The minimum atomic E-state index is -0.625. The zero-order chi connectivity index (χ0) is 16.9. The van der Waals surface area contributed by atoms with Crippen LogP contribution in [0, 0.1) is 0 Å². The highest BCUT2D eigenvalue weighted by Gasteiger charge is 2.30. The van der Waals surface area contributed by atoms with Crippen molar-refractivity contribution in [2.45, 2.75) is 18.5 Å². The minimum absolute atomic E-state index is 0.00551. The molecule has 3 rings (SSSR count). The van der Waals surface area contributed by atoms with E-state index in [1.54, 1.807) is 0 Å². The van der Waals surface area contributed by atoms with Gasteiger partial charge in [-0.15, -0.1) is 0 Å². The summed E-state index contributed by atoms with van der Waals surface area (Å²) in [5.41, 5.74) is 17.2. The van der Waals surface area contributed by atoms with Crippen molar-refractivity contribution in [1.29, 1.82) is 0 Å². The van der Waals surface area contributed by atoms with Crippen LogP contribution in [0.4, 0.5) is 5.82 Å². The molecule has 2 unspecified atom stereocenters. The van der Waals surface area contributed by atoms with Crippen LogP contribution in [-0.2, 0) is 4.79 Å². The Morgan fingerprint density at radius 1 is 1.08 bits per heavy atom. The average molecular weight is 327 g/mol. The molecule has 9 nitrogen and oxygen atoms in total. The van der Waals surface area contributed by atoms with Crippen molar-refractivity contribution in [2.75, 3.05) is 5.73 Å². The van der Waals surface area contributed by atoms with Crippen molar-refractivity contribution < 1.29 is 9.59 Å². The summed E-state index contributed by atoms with van der Waals surface area (Å²) in [6.07, 6.45) is 3.28. The van der Waals surface area contributed by atoms with Crippen LogP contribution in [0.1, 0.15) is 28.5 Å². The number of amides is 2. The maximum atomic E-state index is 12.1. The lowest BCUT2D eigenvalue weighted by molar-refractivity contribution is -0.123. The molecule has 9 heteroatoms. The van der Waals surface area contributed by atoms with E-state index >= 15 is 0 Å². The number of nitrogens with zero attached hydrogens (tertiary/aromatic N) is 2. The van der Waals surface area contributed by atoms with Gasteiger partial charge in [-0.25, -0.2) is 20.8 Å². The van der Waals surface area contributed by atoms with Crippen molar-refractivity contribution in [3.8, 4) is 0 Å². The molecule has 0 bridgehead atoms. The minimum Gasteiger partial charge on any atom is -0.382 e. The van der Waals surface area contributed by atoms with E-state index in [0.29, 0.717) is 6.42 Å². The van der Waals surface area contributed by atoms with E-state index in [1.165, 1.54) is 12.4 Å². The standard InChI is InChI=1S/C15H17N7O2/c16-13-12(17-6-7-18-13)15(24)22-21-14(23)11-8-10(19-20-11)9-4-2-1-3-5-9/h1-7,10-11,19-20H,8H2,(H2,16,18)(H,21,23)(H,22,24). The quantitative estimate of drug-likeness (QED) is 0.476. The number of nitrogen functional groups attached to an aromatic ring is 1. The van der Waals surface area contributed by atoms with Crippen LogP contribution in [0.5, 0.6) is 0 Å². The summed E-state index contributed by atoms with van der Waals surface area (Å²) in [5.74, 6) is -0.995. The normalized spacial score (nSPS) is 19.7. The van der Waals surface area contributed by atoms with E-state index < -0.39 is 11.9 Å². The summed E-state index contributed by atoms with van der Waals surface area (Å²) >= 11 is 0. The second-order valence-corrected chi connectivity index (χ2v) is 5.27. The lowest BCUT2D eigenvalue weighted by Gasteiger charge is -2.11. The van der Waals surface area contributed by atoms with E-state index in [9.17, 15) is 9.59 Å². The Hall–Kier alpha value is -3.04. The topological polar surface area (TPSA) is 134 Å². The fraction of sp³-hybridized carbons (Fsp3) is 0.200. The van der Waals surface area contributed by atoms with Gasteiger partial charge < -0.3 is 5.73 Å². The monoisotopic (exact) mass is 327 g/mol. The molecule has 6 N–H and O–H groups in total. The molecule has 2 aromatic rings. The molecule has 1 aliphatic rings. The molecule has 1 fully saturated rings. The third kappa shape index (κ3) is 3.47. The van der Waals surface area contributed by atoms with Crippen molar-refractivity contribution in [3.05, 3.63) is 54.0 Å². The Kier molecular flexibility index (Phi) is 4.64. The summed E-state index contributed by atoms with van der Waals surface area (Å²) in [7, 11) is 0. The molecule has 24 heavy (non-hydrogen) atoms. The van der Waals surface area contributed by atoms with Crippen LogP contribution in [0.25, 0.3) is 0 Å². The van der Waals surface area contributed by atoms with Crippen LogP contribution < -0.4 is 27.4 Å². The fourth-order valence-corrected chi connectivity index (χ4v) is 2.42. The Bertz CT molecular complexity index is 738. The van der Waals surface area contributed by atoms with Gasteiger partial charge in [0.2, 0.25) is 0 Å². The molecule has 1 aliphatic heterocycles. The van der Waals surface area contributed by atoms with Crippen molar-refractivity contribution >= 4 is 17.6 Å². The number of anilines is 1. The zero-order valence-electron chi connectivity index (χ0n) is 12.7. The molecule has 2 atom stereocenters. The lowest BCUT2D eigenvalue weighted by atomic mass is 10.0. The Labute approximate surface area is 138 Å². The van der Waals surface area contributed by atoms with E-state index in [0.717, 1.165) is 5.56 Å². The van der Waals surface area contributed by atoms with Gasteiger partial charge in [0.25, 0.3) is 11.8 Å². The van der Waals surface area contributed by atoms with Crippen molar-refractivity contribution in [3.63, 3.8) is 0 Å². The molecule has 1 aromatic heterocycles. The van der Waals surface area contributed by atoms with Crippen LogP contribution in [0.2, 0.25) is 0 Å². The molecule has 0 radical (unpaired) electrons. The van der Waals surface area contributed by atoms with E-state index in [2.05, 4.69) is 31.7 Å². The molecule has 0 aliphatic carbocycles. The molecular formula is C15H17N7O2. The zero-order valence-corrected chi connectivity index (χ0v) is 12.7. The molecule has 1 aromatic carbocycles. The van der Waals surface area contributed by atoms with Crippen molar-refractivity contribution in [2.24, 2.45) is 0 Å². The van der Waals surface area contributed by atoms with Gasteiger partial charge in [-0.2, -0.15) is 0 Å². The number of aromatic nitrogens is 2. The third-order valence-electron chi connectivity index (χ3n) is 3.66. The van der Waals surface area contributed by atoms with Gasteiger partial charge in [0.05, 0.1) is 0 Å². The number of benzene rings is 1. The number of hydrogen-bond donors (Lipinski definition) is 5. The maximum absolute atomic E-state index is 12.1. The number of rotatable bonds is 3. The number of carbonyl (C=O) groups excluding carboxylic acids is 2. The first-order valence-electron chi connectivity index (χ1n) is 7.38. The summed E-state index contributed by atoms with van der Waals surface area (Å²) in [6, 6.07) is 9.33. The van der Waals surface area contributed by atoms with Crippen LogP contribution in [0.3, 0.4) is 0 Å². The average Bonchev–Trinajstić information content (AvgIpc) is 3.11. The maximum Gasteiger partial charge on any atom is 0.292 e. The van der Waals surface area contributed by atoms with E-state index in [1.807, 2.05) is 30.3 Å². The highest BCUT2D eigenvalue weighted by Crippen LogP contribution is 2.21. The Morgan fingerprint density at radius 2 is 1.83 bits per heavy atom. The van der Waals surface area contributed by atoms with Crippen LogP contribution in [0.15, 0.2) is 42.7 Å². The number of hydrazine groups is 2. The predicted octanol–water partition coefficient (Wildman–Crippen LogP) is -0.572. The molecule has 0 saturated carbocycles. The van der Waals surface area contributed by atoms with Crippen molar-refractivity contribution in [1.82, 2.24) is 31.7 Å². The third-order valence-corrected chi connectivity index (χ3v) is 3.66. The van der Waals surface area contributed by atoms with Gasteiger partial charge >= 0.3 is 0 Å². The molecule has 1 saturated heterocycles. The molecule has 0 spiro atoms. The van der Waals surface area contributed by atoms with Gasteiger partial charge in [-0.3, -0.25) is 20.4 Å². The molecule has 124 valence electrons. The second-order valence-electron chi connectivity index (χ2n) is 5.27. The van der Waals surface area contributed by atoms with Crippen LogP contribution in [-0.4, -0.2) is 27.8 Å². The lowest BCUT2D eigenvalue weighted by Crippen LogP contribution is -2.50. The number of nitrogens with two attached hydrogens (primary N) is 1. The second kappa shape index (κ2) is 7.02. The van der Waals surface area contributed by atoms with Gasteiger partial charge in [0.15, 0.2) is 11.5 Å². The smallest absolute Gasteiger partial charge is 0.292 e. The Balaban J connectivity index is 1.53. The SMILES string of the molecule is Nc1nccnc1C(=O)NNC(=O)C1CC(c2ccccc2)NN1. The fourth-order valence-electron chi connectivity index (χ4n) is 2.42. The number of nitrogens with one attached hydrogen (secondary N) is 4. The van der Waals surface area contributed by atoms with Gasteiger partial charge in [0.1, 0.15) is 6.04 Å². The molecular weight excluding hydrogens is 310 g/mol. The highest BCUT2D eigenvalue weighted by molar-refractivity contribution is 5.97. The Morgan fingerprint density at radius 3 is 2.58 bits per heavy atom. The number of hydrogen-bond acceptors (Lipinski definition) is 7. The first-order chi connectivity index (χ1) is 11.6. The predicted molar refractivity (Wildman–Crippen MR) is 85.9 cm³/mol. The van der Waals surface area contributed by atoms with Gasteiger partial charge in [-0.05, 0) is 12.0 Å². The summed E-state index contributed by atoms with van der Waals surface area (Å²) in [6.45, 7) is 0. The summed E-state index contributed by atoms with van der Waals surface area (Å²) in [5, 5.41) is 0. The van der Waals surface area contributed by atoms with Gasteiger partial charge in [0, 0.05) is 18.4 Å². The summed E-state index contributed by atoms with van der Waals surface area (Å²) in [4.78, 5) is 31.7. The molecule has 2 heterocycles. The van der Waals surface area contributed by atoms with Gasteiger partial charge in [-0.1, -0.05) is 30.3 Å². The first kappa shape index (κ1) is 15.8. The van der Waals surface area contributed by atoms with E-state index in [4.69, 9.17) is 5.73 Å².